The van der Waals surface area contributed by atoms with E-state index in [4.69, 9.17) is 0 Å². The number of aromatic amines is 1. The van der Waals surface area contributed by atoms with Crippen molar-refractivity contribution in [1.29, 1.82) is 0 Å². The van der Waals surface area contributed by atoms with Crippen LogP contribution in [0.25, 0.3) is 33.4 Å². The van der Waals surface area contributed by atoms with Crippen LogP contribution in [0.15, 0.2) is 54.7 Å². The summed E-state index contributed by atoms with van der Waals surface area (Å²) in [5.41, 5.74) is 7.94. The molecule has 0 saturated carbocycles. The zero-order valence-electron chi connectivity index (χ0n) is 14.1. The quantitative estimate of drug-likeness (QED) is 0.579. The Balaban J connectivity index is 1.75. The number of aromatic nitrogens is 4. The zero-order valence-corrected chi connectivity index (χ0v) is 14.1. The van der Waals surface area contributed by atoms with E-state index in [0.717, 1.165) is 22.3 Å². The Kier molecular flexibility index (Phi) is 3.45. The Morgan fingerprint density at radius 2 is 1.83 bits per heavy atom. The first-order valence-corrected chi connectivity index (χ1v) is 8.23. The molecular weight excluding hydrogens is 296 g/mol. The first kappa shape index (κ1) is 14.7. The van der Waals surface area contributed by atoms with Gasteiger partial charge in [-0.3, -0.25) is 0 Å². The Bertz CT molecular complexity index is 1010. The monoisotopic (exact) mass is 316 g/mol. The molecule has 1 N–H and O–H groups in total. The minimum Gasteiger partial charge on any atom is -0.361 e. The highest BCUT2D eigenvalue weighted by atomic mass is 15.4. The number of hydrogen-bond acceptors (Lipinski definition) is 2. The van der Waals surface area contributed by atoms with Gasteiger partial charge in [-0.25, -0.2) is 4.68 Å². The third kappa shape index (κ3) is 2.40. The van der Waals surface area contributed by atoms with E-state index in [1.165, 1.54) is 16.7 Å². The second-order valence-corrected chi connectivity index (χ2v) is 6.45. The maximum atomic E-state index is 4.30. The van der Waals surface area contributed by atoms with Gasteiger partial charge in [0.25, 0.3) is 0 Å². The predicted octanol–water partition coefficient (Wildman–Crippen LogP) is 4.98. The molecule has 0 bridgehead atoms. The highest BCUT2D eigenvalue weighted by Crippen LogP contribution is 2.29. The van der Waals surface area contributed by atoms with Crippen molar-refractivity contribution in [1.82, 2.24) is 20.0 Å². The number of H-pyrrole nitrogens is 1. The maximum Gasteiger partial charge on any atom is 0.113 e. The topological polar surface area (TPSA) is 46.5 Å². The Morgan fingerprint density at radius 3 is 2.62 bits per heavy atom. The van der Waals surface area contributed by atoms with E-state index >= 15 is 0 Å². The highest BCUT2D eigenvalue weighted by molar-refractivity contribution is 5.82. The molecular formula is C20H20N4. The third-order valence-corrected chi connectivity index (χ3v) is 4.41. The SMILES string of the molecule is Cc1ccccc1-c1c[nH]c(-c2ccc3c(c2)nnn3C(C)C)c1. The van der Waals surface area contributed by atoms with Gasteiger partial charge in [0.05, 0.1) is 5.52 Å². The summed E-state index contributed by atoms with van der Waals surface area (Å²) >= 11 is 0. The van der Waals surface area contributed by atoms with Gasteiger partial charge in [0.2, 0.25) is 0 Å². The molecule has 4 rings (SSSR count). The molecule has 120 valence electrons. The largest absolute Gasteiger partial charge is 0.361 e. The Hall–Kier alpha value is -2.88. The van der Waals surface area contributed by atoms with E-state index in [9.17, 15) is 0 Å². The molecule has 2 aromatic heterocycles. The van der Waals surface area contributed by atoms with E-state index in [1.54, 1.807) is 0 Å². The number of nitrogens with one attached hydrogen (secondary N) is 1. The molecule has 0 aliphatic rings. The van der Waals surface area contributed by atoms with Gasteiger partial charge in [-0.2, -0.15) is 0 Å². The summed E-state index contributed by atoms with van der Waals surface area (Å²) in [7, 11) is 0. The molecule has 0 aliphatic carbocycles. The van der Waals surface area contributed by atoms with Gasteiger partial charge in [-0.05, 0) is 50.1 Å². The zero-order chi connectivity index (χ0) is 16.7. The molecule has 0 saturated heterocycles. The number of hydrogen-bond donors (Lipinski definition) is 1. The summed E-state index contributed by atoms with van der Waals surface area (Å²) in [6, 6.07) is 17.2. The average Bonchev–Trinajstić information content (AvgIpc) is 3.21. The van der Waals surface area contributed by atoms with E-state index in [2.05, 4.69) is 90.8 Å². The molecule has 2 heterocycles. The molecule has 0 spiro atoms. The van der Waals surface area contributed by atoms with Crippen LogP contribution in [-0.4, -0.2) is 20.0 Å². The fourth-order valence-electron chi connectivity index (χ4n) is 3.10. The van der Waals surface area contributed by atoms with Gasteiger partial charge in [-0.15, -0.1) is 5.10 Å². The van der Waals surface area contributed by atoms with Gasteiger partial charge in [0.1, 0.15) is 5.52 Å². The molecule has 0 fully saturated rings. The normalized spacial score (nSPS) is 11.5. The van der Waals surface area contributed by atoms with Crippen molar-refractivity contribution in [2.75, 3.05) is 0 Å². The lowest BCUT2D eigenvalue weighted by molar-refractivity contribution is 0.530. The van der Waals surface area contributed by atoms with Crippen molar-refractivity contribution in [3.05, 3.63) is 60.3 Å². The number of benzene rings is 2. The minimum atomic E-state index is 0.305. The number of nitrogens with zero attached hydrogens (tertiary/aromatic N) is 3. The lowest BCUT2D eigenvalue weighted by Gasteiger charge is -2.05. The molecule has 0 radical (unpaired) electrons. The summed E-state index contributed by atoms with van der Waals surface area (Å²) in [5.74, 6) is 0. The van der Waals surface area contributed by atoms with Crippen molar-refractivity contribution in [2.24, 2.45) is 0 Å². The lowest BCUT2D eigenvalue weighted by atomic mass is 10.0. The first-order valence-electron chi connectivity index (χ1n) is 8.23. The molecule has 4 aromatic rings. The van der Waals surface area contributed by atoms with Gasteiger partial charge >= 0.3 is 0 Å². The van der Waals surface area contributed by atoms with Crippen LogP contribution in [0, 0.1) is 6.92 Å². The van der Waals surface area contributed by atoms with E-state index in [1.807, 2.05) is 4.68 Å². The standard InChI is InChI=1S/C20H20N4/c1-13(2)24-20-9-8-15(10-19(20)22-23-24)18-11-16(12-21-18)17-7-5-4-6-14(17)3/h4-13,21H,1-3H3. The number of aryl methyl sites for hydroxylation is 1. The van der Waals surface area contributed by atoms with Crippen LogP contribution in [0.2, 0.25) is 0 Å². The predicted molar refractivity (Wildman–Crippen MR) is 97.9 cm³/mol. The van der Waals surface area contributed by atoms with Gasteiger partial charge in [0.15, 0.2) is 0 Å². The van der Waals surface area contributed by atoms with E-state index in [-0.39, 0.29) is 0 Å². The molecule has 24 heavy (non-hydrogen) atoms. The van der Waals surface area contributed by atoms with Crippen LogP contribution in [0.5, 0.6) is 0 Å². The Labute approximate surface area is 141 Å². The van der Waals surface area contributed by atoms with Crippen LogP contribution in [0.4, 0.5) is 0 Å². The maximum absolute atomic E-state index is 4.30. The smallest absolute Gasteiger partial charge is 0.113 e. The molecule has 2 aromatic carbocycles. The van der Waals surface area contributed by atoms with Crippen molar-refractivity contribution < 1.29 is 0 Å². The van der Waals surface area contributed by atoms with Crippen molar-refractivity contribution in [3.8, 4) is 22.4 Å². The minimum absolute atomic E-state index is 0.305. The average molecular weight is 316 g/mol. The van der Waals surface area contributed by atoms with Crippen LogP contribution in [0.1, 0.15) is 25.5 Å². The first-order chi connectivity index (χ1) is 11.6. The van der Waals surface area contributed by atoms with Crippen LogP contribution in [0.3, 0.4) is 0 Å². The fraction of sp³-hybridized carbons (Fsp3) is 0.200. The highest BCUT2D eigenvalue weighted by Gasteiger charge is 2.10. The molecule has 0 amide bonds. The van der Waals surface area contributed by atoms with Crippen LogP contribution < -0.4 is 0 Å². The Morgan fingerprint density at radius 1 is 1.00 bits per heavy atom. The second-order valence-electron chi connectivity index (χ2n) is 6.45. The summed E-state index contributed by atoms with van der Waals surface area (Å²) in [5, 5.41) is 8.55. The van der Waals surface area contributed by atoms with Gasteiger partial charge < -0.3 is 4.98 Å². The number of rotatable bonds is 3. The second kappa shape index (κ2) is 5.64. The summed E-state index contributed by atoms with van der Waals surface area (Å²) in [4.78, 5) is 3.39. The van der Waals surface area contributed by atoms with E-state index < -0.39 is 0 Å². The fourth-order valence-corrected chi connectivity index (χ4v) is 3.10. The van der Waals surface area contributed by atoms with Gasteiger partial charge in [-0.1, -0.05) is 35.5 Å². The molecule has 4 nitrogen and oxygen atoms in total. The molecule has 0 atom stereocenters. The molecule has 4 heteroatoms. The summed E-state index contributed by atoms with van der Waals surface area (Å²) < 4.78 is 1.95. The third-order valence-electron chi connectivity index (χ3n) is 4.41. The lowest BCUT2D eigenvalue weighted by Crippen LogP contribution is -2.02. The summed E-state index contributed by atoms with van der Waals surface area (Å²) in [6.07, 6.45) is 2.06. The van der Waals surface area contributed by atoms with Crippen molar-refractivity contribution in [3.63, 3.8) is 0 Å². The molecule has 0 aliphatic heterocycles. The van der Waals surface area contributed by atoms with E-state index in [0.29, 0.717) is 6.04 Å². The molecule has 0 unspecified atom stereocenters. The number of fused-ring (bicyclic) bond motifs is 1. The van der Waals surface area contributed by atoms with Crippen molar-refractivity contribution >= 4 is 11.0 Å². The van der Waals surface area contributed by atoms with Crippen LogP contribution >= 0.6 is 0 Å². The van der Waals surface area contributed by atoms with Gasteiger partial charge in [0, 0.05) is 29.1 Å². The van der Waals surface area contributed by atoms with Crippen LogP contribution in [-0.2, 0) is 0 Å². The summed E-state index contributed by atoms with van der Waals surface area (Å²) in [6.45, 7) is 6.36. The van der Waals surface area contributed by atoms with Crippen molar-refractivity contribution in [2.45, 2.75) is 26.8 Å².